The fraction of sp³-hybridized carbons (Fsp3) is 0.595. The summed E-state index contributed by atoms with van der Waals surface area (Å²) in [5.74, 6) is -1.97. The quantitative estimate of drug-likeness (QED) is 0.255. The normalized spacial score (nSPS) is 20.8. The topological polar surface area (TPSA) is 197 Å². The Bertz CT molecular complexity index is 1700. The molecule has 0 spiro atoms. The van der Waals surface area contributed by atoms with E-state index in [0.717, 1.165) is 37.7 Å². The molecule has 3 atom stereocenters. The summed E-state index contributed by atoms with van der Waals surface area (Å²) in [6.45, 7) is 3.15. The first kappa shape index (κ1) is 37.8. The fourth-order valence-corrected chi connectivity index (χ4v) is 7.08. The van der Waals surface area contributed by atoms with E-state index in [-0.39, 0.29) is 87.6 Å². The number of esters is 1. The fourth-order valence-electron chi connectivity index (χ4n) is 7.08. The Morgan fingerprint density at radius 2 is 1.74 bits per heavy atom. The van der Waals surface area contributed by atoms with E-state index in [4.69, 9.17) is 14.2 Å². The Hall–Kier alpha value is -4.99. The van der Waals surface area contributed by atoms with Gasteiger partial charge in [-0.05, 0) is 76.0 Å². The second-order valence-corrected chi connectivity index (χ2v) is 14.2. The number of hydrogen-bond donors (Lipinski definition) is 3. The SMILES string of the molecule is Cc1ccc2c(OCC(=O)N3CCC[C@H]3C(=O)NC3CCC3)cc(C(=O)N[C@@H](CCC(=O)OCC3CCCO3)C(=O)N3CCN(C(=O)O)CC3)nc2c1. The molecule has 1 aromatic carbocycles. The van der Waals surface area contributed by atoms with Gasteiger partial charge in [0.25, 0.3) is 11.8 Å². The molecule has 1 aromatic heterocycles. The van der Waals surface area contributed by atoms with Crippen molar-refractivity contribution in [3.8, 4) is 5.75 Å². The zero-order chi connectivity index (χ0) is 37.5. The minimum Gasteiger partial charge on any atom is -0.483 e. The second kappa shape index (κ2) is 17.2. The smallest absolute Gasteiger partial charge is 0.407 e. The van der Waals surface area contributed by atoms with Gasteiger partial charge < -0.3 is 44.7 Å². The second-order valence-electron chi connectivity index (χ2n) is 14.2. The minimum absolute atomic E-state index is 0.0655. The van der Waals surface area contributed by atoms with Gasteiger partial charge in [-0.3, -0.25) is 24.0 Å². The number of fused-ring (bicyclic) bond motifs is 1. The molecule has 1 aliphatic carbocycles. The molecular formula is C37H48N6O10. The number of pyridine rings is 1. The summed E-state index contributed by atoms with van der Waals surface area (Å²) in [7, 11) is 0. The molecular weight excluding hydrogens is 688 g/mol. The Morgan fingerprint density at radius 3 is 2.43 bits per heavy atom. The predicted octanol–water partition coefficient (Wildman–Crippen LogP) is 2.00. The number of nitrogens with zero attached hydrogens (tertiary/aromatic N) is 4. The van der Waals surface area contributed by atoms with Gasteiger partial charge in [0.2, 0.25) is 11.8 Å². The predicted molar refractivity (Wildman–Crippen MR) is 189 cm³/mol. The van der Waals surface area contributed by atoms with E-state index in [1.807, 2.05) is 13.0 Å². The first-order valence-electron chi connectivity index (χ1n) is 18.5. The van der Waals surface area contributed by atoms with Crippen LogP contribution in [-0.4, -0.2) is 137 Å². The van der Waals surface area contributed by atoms with E-state index < -0.39 is 36.0 Å². The highest BCUT2D eigenvalue weighted by atomic mass is 16.6. The molecule has 2 aromatic rings. The lowest BCUT2D eigenvalue weighted by atomic mass is 9.93. The average Bonchev–Trinajstić information content (AvgIpc) is 3.85. The number of benzene rings is 1. The molecule has 1 unspecified atom stereocenters. The number of carbonyl (C=O) groups excluding carboxylic acids is 5. The van der Waals surface area contributed by atoms with E-state index in [1.165, 1.54) is 15.9 Å². The number of carboxylic acid groups (broad SMARTS) is 1. The third kappa shape index (κ3) is 9.52. The summed E-state index contributed by atoms with van der Waals surface area (Å²) in [5.41, 5.74) is 1.24. The highest BCUT2D eigenvalue weighted by Crippen LogP contribution is 2.28. The molecule has 3 N–H and O–H groups in total. The molecule has 0 radical (unpaired) electrons. The monoisotopic (exact) mass is 736 g/mol. The summed E-state index contributed by atoms with van der Waals surface area (Å²) >= 11 is 0. The van der Waals surface area contributed by atoms with Gasteiger partial charge in [-0.15, -0.1) is 0 Å². The van der Waals surface area contributed by atoms with Crippen molar-refractivity contribution in [1.82, 2.24) is 30.3 Å². The molecule has 0 bridgehead atoms. The van der Waals surface area contributed by atoms with Crippen molar-refractivity contribution in [1.29, 1.82) is 0 Å². The zero-order valence-corrected chi connectivity index (χ0v) is 30.0. The van der Waals surface area contributed by atoms with Crippen molar-refractivity contribution in [2.24, 2.45) is 0 Å². The Kier molecular flexibility index (Phi) is 12.3. The van der Waals surface area contributed by atoms with E-state index in [1.54, 1.807) is 17.0 Å². The molecule has 5 amide bonds. The van der Waals surface area contributed by atoms with E-state index in [2.05, 4.69) is 15.6 Å². The summed E-state index contributed by atoms with van der Waals surface area (Å²) in [6.07, 6.45) is 4.48. The van der Waals surface area contributed by atoms with Crippen LogP contribution in [0.15, 0.2) is 24.3 Å². The number of ether oxygens (including phenoxy) is 3. The lowest BCUT2D eigenvalue weighted by Gasteiger charge is -2.35. The van der Waals surface area contributed by atoms with Crippen LogP contribution in [0.2, 0.25) is 0 Å². The standard InChI is InChI=1S/C37H48N6O10/c1-23-9-10-26-28(19-23)39-29(20-31(26)52-22-32(44)43-13-3-8-30(43)35(47)38-24-5-2-6-24)34(46)40-27(11-12-33(45)53-21-25-7-4-18-51-25)36(48)41-14-16-42(17-15-41)37(49)50/h9-10,19-20,24-25,27,30H,2-8,11-18,21-22H2,1H3,(H,38,47)(H,40,46)(H,49,50)/t25?,27-,30-/m0/s1. The zero-order valence-electron chi connectivity index (χ0n) is 30.0. The van der Waals surface area contributed by atoms with Crippen molar-refractivity contribution in [2.75, 3.05) is 52.5 Å². The largest absolute Gasteiger partial charge is 0.483 e. The van der Waals surface area contributed by atoms with Crippen molar-refractivity contribution >= 4 is 46.6 Å². The molecule has 16 nitrogen and oxygen atoms in total. The van der Waals surface area contributed by atoms with E-state index in [0.29, 0.717) is 36.9 Å². The lowest BCUT2D eigenvalue weighted by Crippen LogP contribution is -2.55. The molecule has 286 valence electrons. The van der Waals surface area contributed by atoms with Crippen LogP contribution in [0, 0.1) is 6.92 Å². The van der Waals surface area contributed by atoms with E-state index >= 15 is 0 Å². The van der Waals surface area contributed by atoms with Crippen molar-refractivity contribution in [3.63, 3.8) is 0 Å². The molecule has 1 saturated carbocycles. The van der Waals surface area contributed by atoms with Crippen LogP contribution in [0.3, 0.4) is 0 Å². The molecule has 4 fully saturated rings. The van der Waals surface area contributed by atoms with Crippen LogP contribution in [0.4, 0.5) is 4.79 Å². The maximum atomic E-state index is 13.9. The van der Waals surface area contributed by atoms with Gasteiger partial charge in [-0.1, -0.05) is 6.07 Å². The van der Waals surface area contributed by atoms with Crippen LogP contribution in [0.25, 0.3) is 10.9 Å². The lowest BCUT2D eigenvalue weighted by molar-refractivity contribution is -0.147. The summed E-state index contributed by atoms with van der Waals surface area (Å²) in [4.78, 5) is 86.8. The van der Waals surface area contributed by atoms with Gasteiger partial charge in [-0.25, -0.2) is 9.78 Å². The molecule has 4 aliphatic rings. The molecule has 4 heterocycles. The van der Waals surface area contributed by atoms with E-state index in [9.17, 15) is 33.9 Å². The maximum absolute atomic E-state index is 13.9. The number of hydrogen-bond acceptors (Lipinski definition) is 10. The van der Waals surface area contributed by atoms with Gasteiger partial charge in [0, 0.05) is 63.2 Å². The maximum Gasteiger partial charge on any atom is 0.407 e. The summed E-state index contributed by atoms with van der Waals surface area (Å²) in [5, 5.41) is 15.7. The van der Waals surface area contributed by atoms with Crippen molar-refractivity contribution in [2.45, 2.75) is 88.9 Å². The molecule has 3 saturated heterocycles. The van der Waals surface area contributed by atoms with Crippen LogP contribution in [0.1, 0.15) is 73.8 Å². The number of aromatic nitrogens is 1. The molecule has 3 aliphatic heterocycles. The number of piperazine rings is 1. The number of aryl methyl sites for hydroxylation is 1. The third-order valence-electron chi connectivity index (χ3n) is 10.4. The van der Waals surface area contributed by atoms with Gasteiger partial charge >= 0.3 is 12.1 Å². The van der Waals surface area contributed by atoms with Gasteiger partial charge in [0.05, 0.1) is 11.6 Å². The minimum atomic E-state index is -1.15. The van der Waals surface area contributed by atoms with Crippen molar-refractivity contribution < 1.29 is 48.1 Å². The molecule has 16 heteroatoms. The van der Waals surface area contributed by atoms with Crippen LogP contribution < -0.4 is 15.4 Å². The molecule has 53 heavy (non-hydrogen) atoms. The van der Waals surface area contributed by atoms with Crippen LogP contribution in [-0.2, 0) is 28.7 Å². The number of carbonyl (C=O) groups is 6. The number of nitrogens with one attached hydrogen (secondary N) is 2. The van der Waals surface area contributed by atoms with Gasteiger partial charge in [0.15, 0.2) is 6.61 Å². The van der Waals surface area contributed by atoms with Gasteiger partial charge in [0.1, 0.15) is 30.1 Å². The Balaban J connectivity index is 1.15. The first-order chi connectivity index (χ1) is 25.5. The van der Waals surface area contributed by atoms with Crippen LogP contribution >= 0.6 is 0 Å². The third-order valence-corrected chi connectivity index (χ3v) is 10.4. The number of likely N-dealkylation sites (tertiary alicyclic amines) is 1. The Labute approximate surface area is 307 Å². The number of amides is 5. The average molecular weight is 737 g/mol. The highest BCUT2D eigenvalue weighted by Gasteiger charge is 2.36. The summed E-state index contributed by atoms with van der Waals surface area (Å²) in [6, 6.07) is 5.29. The van der Waals surface area contributed by atoms with Gasteiger partial charge in [-0.2, -0.15) is 0 Å². The first-order valence-corrected chi connectivity index (χ1v) is 18.5. The van der Waals surface area contributed by atoms with Crippen LogP contribution in [0.5, 0.6) is 5.75 Å². The molecule has 6 rings (SSSR count). The number of rotatable bonds is 13. The highest BCUT2D eigenvalue weighted by molar-refractivity contribution is 5.99. The Morgan fingerprint density at radius 1 is 0.962 bits per heavy atom. The van der Waals surface area contributed by atoms with Crippen molar-refractivity contribution in [3.05, 3.63) is 35.5 Å². The summed E-state index contributed by atoms with van der Waals surface area (Å²) < 4.78 is 16.9.